The number of aromatic nitrogens is 1. The number of rotatable bonds is 4. The van der Waals surface area contributed by atoms with E-state index < -0.39 is 10.2 Å². The Morgan fingerprint density at radius 1 is 1.20 bits per heavy atom. The molecule has 0 saturated carbocycles. The zero-order chi connectivity index (χ0) is 14.8. The van der Waals surface area contributed by atoms with Crippen LogP contribution in [0.1, 0.15) is 54.2 Å². The topological polar surface area (TPSA) is 62.3 Å². The van der Waals surface area contributed by atoms with E-state index in [9.17, 15) is 8.42 Å². The molecule has 20 heavy (non-hydrogen) atoms. The van der Waals surface area contributed by atoms with Gasteiger partial charge in [0.05, 0.1) is 16.7 Å². The molecule has 5 nitrogen and oxygen atoms in total. The van der Waals surface area contributed by atoms with Crippen LogP contribution in [0, 0.1) is 13.8 Å². The number of hydrogen-bond donors (Lipinski definition) is 1. The largest absolute Gasteiger partial charge is 0.280 e. The molecule has 7 heteroatoms. The molecule has 114 valence electrons. The van der Waals surface area contributed by atoms with E-state index in [1.165, 1.54) is 0 Å². The molecule has 2 rings (SSSR count). The lowest BCUT2D eigenvalue weighted by molar-refractivity contribution is 0.410. The van der Waals surface area contributed by atoms with Gasteiger partial charge in [-0.2, -0.15) is 17.4 Å². The summed E-state index contributed by atoms with van der Waals surface area (Å²) < 4.78 is 29.3. The molecule has 0 amide bonds. The Hall–Kier alpha value is -0.500. The normalized spacial score (nSPS) is 19.8. The van der Waals surface area contributed by atoms with Crippen molar-refractivity contribution < 1.29 is 8.42 Å². The van der Waals surface area contributed by atoms with Crippen molar-refractivity contribution in [3.63, 3.8) is 0 Å². The zero-order valence-corrected chi connectivity index (χ0v) is 14.0. The van der Waals surface area contributed by atoms with Crippen LogP contribution in [0.2, 0.25) is 0 Å². The Morgan fingerprint density at radius 3 is 2.30 bits per heavy atom. The molecule has 1 saturated heterocycles. The van der Waals surface area contributed by atoms with Gasteiger partial charge < -0.3 is 0 Å². The SMILES string of the molecule is Cc1nc(C)c(C(C)NS(=O)(=O)N2CCCCCC2)s1. The summed E-state index contributed by atoms with van der Waals surface area (Å²) in [5.41, 5.74) is 0.915. The molecular formula is C13H23N3O2S2. The summed E-state index contributed by atoms with van der Waals surface area (Å²) in [7, 11) is -3.40. The van der Waals surface area contributed by atoms with E-state index in [1.807, 2.05) is 20.8 Å². The molecule has 2 heterocycles. The lowest BCUT2D eigenvalue weighted by Gasteiger charge is -2.22. The fraction of sp³-hybridized carbons (Fsp3) is 0.769. The van der Waals surface area contributed by atoms with E-state index in [2.05, 4.69) is 9.71 Å². The van der Waals surface area contributed by atoms with Crippen LogP contribution in [0.5, 0.6) is 0 Å². The molecule has 1 atom stereocenters. The number of hydrogen-bond acceptors (Lipinski definition) is 4. The summed E-state index contributed by atoms with van der Waals surface area (Å²) >= 11 is 1.56. The van der Waals surface area contributed by atoms with Crippen LogP contribution in [-0.4, -0.2) is 30.8 Å². The second kappa shape index (κ2) is 6.51. The number of aryl methyl sites for hydroxylation is 2. The van der Waals surface area contributed by atoms with Gasteiger partial charge in [0.1, 0.15) is 0 Å². The molecule has 1 aliphatic rings. The second-order valence-corrected chi connectivity index (χ2v) is 8.28. The number of nitrogens with zero attached hydrogens (tertiary/aromatic N) is 2. The number of thiazole rings is 1. The summed E-state index contributed by atoms with van der Waals surface area (Å²) in [4.78, 5) is 5.36. The molecule has 1 unspecified atom stereocenters. The maximum atomic E-state index is 12.4. The van der Waals surface area contributed by atoms with E-state index in [0.29, 0.717) is 13.1 Å². The first-order valence-corrected chi connectivity index (χ1v) is 9.37. The highest BCUT2D eigenvalue weighted by molar-refractivity contribution is 7.87. The summed E-state index contributed by atoms with van der Waals surface area (Å²) in [6.45, 7) is 7.01. The molecule has 1 aromatic heterocycles. The Bertz CT molecular complexity index is 546. The average molecular weight is 317 g/mol. The molecule has 1 aliphatic heterocycles. The minimum Gasteiger partial charge on any atom is -0.247 e. The van der Waals surface area contributed by atoms with Crippen LogP contribution in [0.25, 0.3) is 0 Å². The van der Waals surface area contributed by atoms with Gasteiger partial charge in [-0.1, -0.05) is 12.8 Å². The molecule has 0 radical (unpaired) electrons. The third-order valence-corrected chi connectivity index (χ3v) is 6.52. The monoisotopic (exact) mass is 317 g/mol. The molecule has 0 bridgehead atoms. The van der Waals surface area contributed by atoms with Gasteiger partial charge in [-0.05, 0) is 33.6 Å². The highest BCUT2D eigenvalue weighted by Gasteiger charge is 2.26. The van der Waals surface area contributed by atoms with Crippen LogP contribution in [0.4, 0.5) is 0 Å². The smallest absolute Gasteiger partial charge is 0.247 e. The van der Waals surface area contributed by atoms with E-state index in [4.69, 9.17) is 0 Å². The minimum absolute atomic E-state index is 0.227. The van der Waals surface area contributed by atoms with E-state index in [-0.39, 0.29) is 6.04 Å². The van der Waals surface area contributed by atoms with E-state index >= 15 is 0 Å². The van der Waals surface area contributed by atoms with Crippen molar-refractivity contribution in [2.75, 3.05) is 13.1 Å². The fourth-order valence-electron chi connectivity index (χ4n) is 2.58. The quantitative estimate of drug-likeness (QED) is 0.928. The predicted octanol–water partition coefficient (Wildman–Crippen LogP) is 2.53. The Labute approximate surface area is 125 Å². The Morgan fingerprint density at radius 2 is 1.80 bits per heavy atom. The van der Waals surface area contributed by atoms with Gasteiger partial charge in [0.15, 0.2) is 0 Å². The van der Waals surface area contributed by atoms with Crippen molar-refractivity contribution in [1.82, 2.24) is 14.0 Å². The number of nitrogens with one attached hydrogen (secondary N) is 1. The first-order chi connectivity index (χ1) is 9.40. The third kappa shape index (κ3) is 3.78. The summed E-state index contributed by atoms with van der Waals surface area (Å²) in [6, 6.07) is -0.227. The maximum Gasteiger partial charge on any atom is 0.280 e. The standard InChI is InChI=1S/C13H23N3O2S2/c1-10-13(19-12(3)14-10)11(2)15-20(17,18)16-8-6-4-5-7-9-16/h11,15H,4-9H2,1-3H3. The minimum atomic E-state index is -3.40. The summed E-state index contributed by atoms with van der Waals surface area (Å²) in [5, 5.41) is 0.971. The average Bonchev–Trinajstić information content (AvgIpc) is 2.57. The molecule has 1 fully saturated rings. The fourth-order valence-corrected chi connectivity index (χ4v) is 5.04. The molecule has 0 aliphatic carbocycles. The Balaban J connectivity index is 2.09. The lowest BCUT2D eigenvalue weighted by atomic mass is 10.2. The summed E-state index contributed by atoms with van der Waals surface area (Å²) in [6.07, 6.45) is 4.14. The van der Waals surface area contributed by atoms with Crippen molar-refractivity contribution in [2.45, 2.75) is 52.5 Å². The molecular weight excluding hydrogens is 294 g/mol. The zero-order valence-electron chi connectivity index (χ0n) is 12.3. The predicted molar refractivity (Wildman–Crippen MR) is 82.1 cm³/mol. The van der Waals surface area contributed by atoms with Gasteiger partial charge in [0.2, 0.25) is 0 Å². The van der Waals surface area contributed by atoms with Gasteiger partial charge in [0.25, 0.3) is 10.2 Å². The van der Waals surface area contributed by atoms with Crippen LogP contribution >= 0.6 is 11.3 Å². The van der Waals surface area contributed by atoms with Gasteiger partial charge in [-0.15, -0.1) is 11.3 Å². The van der Waals surface area contributed by atoms with E-state index in [0.717, 1.165) is 41.3 Å². The molecule has 1 aromatic rings. The van der Waals surface area contributed by atoms with Crippen LogP contribution < -0.4 is 4.72 Å². The highest BCUT2D eigenvalue weighted by Crippen LogP contribution is 2.25. The van der Waals surface area contributed by atoms with Crippen molar-refractivity contribution in [1.29, 1.82) is 0 Å². The molecule has 0 aromatic carbocycles. The van der Waals surface area contributed by atoms with Crippen LogP contribution in [0.3, 0.4) is 0 Å². The highest BCUT2D eigenvalue weighted by atomic mass is 32.2. The van der Waals surface area contributed by atoms with Gasteiger partial charge >= 0.3 is 0 Å². The first-order valence-electron chi connectivity index (χ1n) is 7.11. The van der Waals surface area contributed by atoms with Gasteiger partial charge in [-0.25, -0.2) is 4.98 Å². The van der Waals surface area contributed by atoms with Gasteiger partial charge in [-0.3, -0.25) is 0 Å². The van der Waals surface area contributed by atoms with Crippen LogP contribution in [0.15, 0.2) is 0 Å². The Kier molecular flexibility index (Phi) is 5.17. The maximum absolute atomic E-state index is 12.4. The van der Waals surface area contributed by atoms with E-state index in [1.54, 1.807) is 15.6 Å². The van der Waals surface area contributed by atoms with Crippen LogP contribution in [-0.2, 0) is 10.2 Å². The lowest BCUT2D eigenvalue weighted by Crippen LogP contribution is -2.42. The summed E-state index contributed by atoms with van der Waals surface area (Å²) in [5.74, 6) is 0. The van der Waals surface area contributed by atoms with Crippen molar-refractivity contribution in [3.05, 3.63) is 15.6 Å². The third-order valence-electron chi connectivity index (χ3n) is 3.56. The second-order valence-electron chi connectivity index (χ2n) is 5.34. The van der Waals surface area contributed by atoms with Crippen molar-refractivity contribution in [2.24, 2.45) is 0 Å². The molecule has 1 N–H and O–H groups in total. The van der Waals surface area contributed by atoms with Crippen molar-refractivity contribution >= 4 is 21.5 Å². The van der Waals surface area contributed by atoms with Gasteiger partial charge in [0, 0.05) is 18.0 Å². The first kappa shape index (κ1) is 15.9. The van der Waals surface area contributed by atoms with Crippen molar-refractivity contribution in [3.8, 4) is 0 Å². The molecule has 0 spiro atoms.